The molecule has 0 aliphatic rings. The molecule has 6 nitrogen and oxygen atoms in total. The van der Waals surface area contributed by atoms with Crippen LogP contribution in [0.25, 0.3) is 0 Å². The molecular weight excluding hydrogens is 266 g/mol. The van der Waals surface area contributed by atoms with Crippen molar-refractivity contribution in [3.05, 3.63) is 42.2 Å². The Bertz CT molecular complexity index is 647. The number of aliphatic hydroxyl groups excluding tert-OH is 1. The molecule has 2 aromatic rings. The lowest BCUT2D eigenvalue weighted by Gasteiger charge is -2.06. The van der Waals surface area contributed by atoms with Gasteiger partial charge in [-0.3, -0.25) is 9.40 Å². The summed E-state index contributed by atoms with van der Waals surface area (Å²) in [7, 11) is -3.62. The molecule has 0 bridgehead atoms. The van der Waals surface area contributed by atoms with Crippen molar-refractivity contribution in [3.8, 4) is 0 Å². The van der Waals surface area contributed by atoms with Crippen molar-refractivity contribution in [1.82, 2.24) is 9.78 Å². The molecule has 0 atom stereocenters. The molecule has 0 fully saturated rings. The number of benzene rings is 1. The van der Waals surface area contributed by atoms with Crippen LogP contribution in [0.15, 0.2) is 41.6 Å². The van der Waals surface area contributed by atoms with Crippen molar-refractivity contribution >= 4 is 15.7 Å². The first-order valence-electron chi connectivity index (χ1n) is 5.80. The first-order chi connectivity index (χ1) is 9.05. The van der Waals surface area contributed by atoms with E-state index in [4.69, 9.17) is 5.11 Å². The fraction of sp³-hybridized carbons (Fsp3) is 0.250. The second-order valence-electron chi connectivity index (χ2n) is 3.99. The Labute approximate surface area is 111 Å². The number of hydrogen-bond acceptors (Lipinski definition) is 4. The van der Waals surface area contributed by atoms with Crippen LogP contribution in [0.3, 0.4) is 0 Å². The van der Waals surface area contributed by atoms with E-state index in [1.54, 1.807) is 23.0 Å². The van der Waals surface area contributed by atoms with Crippen molar-refractivity contribution in [2.24, 2.45) is 0 Å². The minimum Gasteiger partial charge on any atom is -0.392 e. The van der Waals surface area contributed by atoms with E-state index in [-0.39, 0.29) is 11.5 Å². The molecule has 102 valence electrons. The van der Waals surface area contributed by atoms with Gasteiger partial charge in [0.25, 0.3) is 10.0 Å². The van der Waals surface area contributed by atoms with Gasteiger partial charge >= 0.3 is 0 Å². The van der Waals surface area contributed by atoms with Gasteiger partial charge in [0, 0.05) is 12.7 Å². The number of sulfonamides is 1. The molecule has 0 saturated heterocycles. The summed E-state index contributed by atoms with van der Waals surface area (Å²) in [6.07, 6.45) is 3.09. The Balaban J connectivity index is 2.21. The van der Waals surface area contributed by atoms with Crippen LogP contribution in [0.5, 0.6) is 0 Å². The second-order valence-corrected chi connectivity index (χ2v) is 5.67. The number of hydrogen-bond donors (Lipinski definition) is 2. The van der Waals surface area contributed by atoms with Gasteiger partial charge in [0.05, 0.1) is 23.4 Å². The summed E-state index contributed by atoms with van der Waals surface area (Å²) < 4.78 is 28.3. The highest BCUT2D eigenvalue weighted by molar-refractivity contribution is 7.92. The van der Waals surface area contributed by atoms with E-state index in [1.165, 1.54) is 18.3 Å². The zero-order valence-electron chi connectivity index (χ0n) is 10.4. The van der Waals surface area contributed by atoms with Gasteiger partial charge in [-0.25, -0.2) is 8.42 Å². The second kappa shape index (κ2) is 5.41. The average molecular weight is 281 g/mol. The maximum atomic E-state index is 12.1. The molecule has 0 aliphatic heterocycles. The van der Waals surface area contributed by atoms with Crippen molar-refractivity contribution in [2.75, 3.05) is 4.72 Å². The highest BCUT2D eigenvalue weighted by Crippen LogP contribution is 2.16. The van der Waals surface area contributed by atoms with Crippen molar-refractivity contribution in [1.29, 1.82) is 0 Å². The van der Waals surface area contributed by atoms with Gasteiger partial charge in [-0.2, -0.15) is 5.10 Å². The van der Waals surface area contributed by atoms with Crippen molar-refractivity contribution < 1.29 is 13.5 Å². The van der Waals surface area contributed by atoms with E-state index in [9.17, 15) is 8.42 Å². The van der Waals surface area contributed by atoms with E-state index in [1.807, 2.05) is 6.92 Å². The smallest absolute Gasteiger partial charge is 0.261 e. The molecule has 1 aromatic carbocycles. The van der Waals surface area contributed by atoms with Crippen LogP contribution in [0.1, 0.15) is 12.5 Å². The summed E-state index contributed by atoms with van der Waals surface area (Å²) >= 11 is 0. The van der Waals surface area contributed by atoms with Crippen LogP contribution in [-0.2, 0) is 23.2 Å². The lowest BCUT2D eigenvalue weighted by atomic mass is 10.2. The third kappa shape index (κ3) is 3.12. The number of aliphatic hydroxyl groups is 1. The molecular formula is C12H15N3O3S. The summed E-state index contributed by atoms with van der Waals surface area (Å²) in [6, 6.07) is 6.06. The van der Waals surface area contributed by atoms with Crippen LogP contribution < -0.4 is 4.72 Å². The summed E-state index contributed by atoms with van der Waals surface area (Å²) in [6.45, 7) is 2.48. The topological polar surface area (TPSA) is 84.2 Å². The average Bonchev–Trinajstić information content (AvgIpc) is 2.85. The summed E-state index contributed by atoms with van der Waals surface area (Å²) in [5, 5.41) is 12.9. The first kappa shape index (κ1) is 13.6. The Hall–Kier alpha value is -1.86. The van der Waals surface area contributed by atoms with Crippen LogP contribution in [-0.4, -0.2) is 23.3 Å². The van der Waals surface area contributed by atoms with E-state index in [0.29, 0.717) is 17.8 Å². The van der Waals surface area contributed by atoms with E-state index in [2.05, 4.69) is 9.82 Å². The molecule has 2 rings (SSSR count). The van der Waals surface area contributed by atoms with E-state index in [0.717, 1.165) is 0 Å². The standard InChI is InChI=1S/C12H15N3O3S/c1-2-15-8-11(7-13-15)14-19(17,18)12-5-3-10(9-16)4-6-12/h3-8,14,16H,2,9H2,1H3. The summed E-state index contributed by atoms with van der Waals surface area (Å²) in [5.74, 6) is 0. The number of anilines is 1. The van der Waals surface area contributed by atoms with Crippen molar-refractivity contribution in [2.45, 2.75) is 25.0 Å². The third-order valence-corrected chi connectivity index (χ3v) is 4.02. The zero-order valence-corrected chi connectivity index (χ0v) is 11.3. The molecule has 0 aliphatic carbocycles. The Morgan fingerprint density at radius 1 is 1.32 bits per heavy atom. The Morgan fingerprint density at radius 2 is 2.00 bits per heavy atom. The highest BCUT2D eigenvalue weighted by Gasteiger charge is 2.14. The normalized spacial score (nSPS) is 11.5. The van der Waals surface area contributed by atoms with Crippen molar-refractivity contribution in [3.63, 3.8) is 0 Å². The molecule has 0 spiro atoms. The summed E-state index contributed by atoms with van der Waals surface area (Å²) in [4.78, 5) is 0.147. The minimum atomic E-state index is -3.62. The number of nitrogens with zero attached hydrogens (tertiary/aromatic N) is 2. The fourth-order valence-corrected chi connectivity index (χ4v) is 2.61. The highest BCUT2D eigenvalue weighted by atomic mass is 32.2. The third-order valence-electron chi connectivity index (χ3n) is 2.63. The summed E-state index contributed by atoms with van der Waals surface area (Å²) in [5.41, 5.74) is 1.09. The molecule has 1 aromatic heterocycles. The largest absolute Gasteiger partial charge is 0.392 e. The maximum absolute atomic E-state index is 12.1. The molecule has 0 amide bonds. The van der Waals surface area contributed by atoms with Crippen LogP contribution in [0.2, 0.25) is 0 Å². The lowest BCUT2D eigenvalue weighted by Crippen LogP contribution is -2.12. The molecule has 7 heteroatoms. The van der Waals surface area contributed by atoms with Crippen LogP contribution >= 0.6 is 0 Å². The zero-order chi connectivity index (χ0) is 13.9. The molecule has 1 heterocycles. The van der Waals surface area contributed by atoms with E-state index < -0.39 is 10.0 Å². The number of nitrogens with one attached hydrogen (secondary N) is 1. The van der Waals surface area contributed by atoms with Gasteiger partial charge in [0.2, 0.25) is 0 Å². The van der Waals surface area contributed by atoms with Gasteiger partial charge in [0.15, 0.2) is 0 Å². The number of aryl methyl sites for hydroxylation is 1. The van der Waals surface area contributed by atoms with Gasteiger partial charge < -0.3 is 5.11 Å². The molecule has 0 unspecified atom stereocenters. The predicted molar refractivity (Wildman–Crippen MR) is 71.1 cm³/mol. The Morgan fingerprint density at radius 3 is 2.53 bits per heavy atom. The van der Waals surface area contributed by atoms with Crippen LogP contribution in [0.4, 0.5) is 5.69 Å². The quantitative estimate of drug-likeness (QED) is 0.862. The maximum Gasteiger partial charge on any atom is 0.261 e. The van der Waals surface area contributed by atoms with Gasteiger partial charge in [-0.15, -0.1) is 0 Å². The van der Waals surface area contributed by atoms with Gasteiger partial charge in [-0.1, -0.05) is 12.1 Å². The Kier molecular flexibility index (Phi) is 3.87. The lowest BCUT2D eigenvalue weighted by molar-refractivity contribution is 0.282. The molecule has 19 heavy (non-hydrogen) atoms. The van der Waals surface area contributed by atoms with Gasteiger partial charge in [-0.05, 0) is 24.6 Å². The molecule has 0 radical (unpaired) electrons. The number of rotatable bonds is 5. The monoisotopic (exact) mass is 281 g/mol. The molecule has 0 saturated carbocycles. The fourth-order valence-electron chi connectivity index (χ4n) is 1.58. The first-order valence-corrected chi connectivity index (χ1v) is 7.28. The van der Waals surface area contributed by atoms with E-state index >= 15 is 0 Å². The minimum absolute atomic E-state index is 0.114. The SMILES string of the molecule is CCn1cc(NS(=O)(=O)c2ccc(CO)cc2)cn1. The van der Waals surface area contributed by atoms with Gasteiger partial charge in [0.1, 0.15) is 0 Å². The molecule has 2 N–H and O–H groups in total. The number of aromatic nitrogens is 2. The van der Waals surface area contributed by atoms with Crippen LogP contribution in [0, 0.1) is 0 Å². The predicted octanol–water partition coefficient (Wildman–Crippen LogP) is 1.20.